The van der Waals surface area contributed by atoms with Crippen molar-refractivity contribution in [2.45, 2.75) is 31.1 Å². The lowest BCUT2D eigenvalue weighted by Gasteiger charge is -2.15. The van der Waals surface area contributed by atoms with Crippen LogP contribution in [0.25, 0.3) is 6.08 Å². The highest BCUT2D eigenvalue weighted by atomic mass is 32.2. The van der Waals surface area contributed by atoms with Crippen molar-refractivity contribution in [2.75, 3.05) is 19.0 Å². The van der Waals surface area contributed by atoms with E-state index < -0.39 is 20.9 Å². The van der Waals surface area contributed by atoms with Crippen LogP contribution in [-0.4, -0.2) is 43.8 Å². The number of phenolic OH excluding ortho intramolecular Hbond substituents is 1. The van der Waals surface area contributed by atoms with E-state index in [4.69, 9.17) is 9.47 Å². The van der Waals surface area contributed by atoms with E-state index in [1.165, 1.54) is 12.1 Å². The molecule has 1 fully saturated rings. The summed E-state index contributed by atoms with van der Waals surface area (Å²) in [5.41, 5.74) is 3.32. The summed E-state index contributed by atoms with van der Waals surface area (Å²) in [4.78, 5) is 0. The molecule has 0 radical (unpaired) electrons. The number of phenols is 1. The maximum absolute atomic E-state index is 13.5. The van der Waals surface area contributed by atoms with Gasteiger partial charge in [-0.15, -0.1) is 0 Å². The molecule has 7 heteroatoms. The summed E-state index contributed by atoms with van der Waals surface area (Å²) in [5, 5.41) is 8.74. The first-order chi connectivity index (χ1) is 14.8. The lowest BCUT2D eigenvalue weighted by atomic mass is 9.97. The van der Waals surface area contributed by atoms with Gasteiger partial charge >= 0.3 is 0 Å². The molecular formula is C24H25FO5S. The summed E-state index contributed by atoms with van der Waals surface area (Å²) in [7, 11) is -3.27. The first-order valence-electron chi connectivity index (χ1n) is 10.2. The Kier molecular flexibility index (Phi) is 6.16. The van der Waals surface area contributed by atoms with E-state index >= 15 is 0 Å². The maximum atomic E-state index is 13.5. The number of aromatic hydroxyl groups is 1. The SMILES string of the molecule is C/C(=C\c1ccc(O)c(F)c1)CC[C@H]1OC[C@H]2C1=C(COc1ccccc1)CS2(=O)=O. The summed E-state index contributed by atoms with van der Waals surface area (Å²) in [6.07, 6.45) is 2.90. The summed E-state index contributed by atoms with van der Waals surface area (Å²) in [6.45, 7) is 2.36. The standard InChI is InChI=1S/C24H25FO5S/c1-16(11-17-8-9-21(26)20(25)12-17)7-10-22-24-18(13-29-19-5-3-2-4-6-19)15-31(27,28)23(24)14-30-22/h2-6,8-9,11-12,22-23,26H,7,10,13-15H2,1H3/b16-11+/t22-,23+/m1/s1. The summed E-state index contributed by atoms with van der Waals surface area (Å²) >= 11 is 0. The Balaban J connectivity index is 1.46. The number of para-hydroxylation sites is 1. The fourth-order valence-corrected chi connectivity index (χ4v) is 6.08. The number of halogens is 1. The average molecular weight is 445 g/mol. The highest BCUT2D eigenvalue weighted by molar-refractivity contribution is 7.92. The second-order valence-corrected chi connectivity index (χ2v) is 10.2. The smallest absolute Gasteiger partial charge is 0.165 e. The van der Waals surface area contributed by atoms with E-state index in [1.54, 1.807) is 6.07 Å². The van der Waals surface area contributed by atoms with Crippen LogP contribution in [0.15, 0.2) is 65.3 Å². The first kappa shape index (κ1) is 21.6. The zero-order chi connectivity index (χ0) is 22.0. The Morgan fingerprint density at radius 3 is 2.77 bits per heavy atom. The summed E-state index contributed by atoms with van der Waals surface area (Å²) in [6, 6.07) is 13.6. The van der Waals surface area contributed by atoms with Gasteiger partial charge in [0.2, 0.25) is 0 Å². The molecule has 2 aromatic rings. The largest absolute Gasteiger partial charge is 0.505 e. The molecule has 5 nitrogen and oxygen atoms in total. The van der Waals surface area contributed by atoms with Crippen LogP contribution in [0.4, 0.5) is 4.39 Å². The van der Waals surface area contributed by atoms with E-state index in [-0.39, 0.29) is 30.8 Å². The van der Waals surface area contributed by atoms with Gasteiger partial charge in [-0.25, -0.2) is 12.8 Å². The number of sulfone groups is 1. The molecule has 0 spiro atoms. The van der Waals surface area contributed by atoms with E-state index in [2.05, 4.69) is 0 Å². The third-order valence-electron chi connectivity index (χ3n) is 5.70. The molecule has 0 aromatic heterocycles. The number of rotatable bonds is 7. The normalized spacial score (nSPS) is 22.6. The topological polar surface area (TPSA) is 72.8 Å². The molecule has 2 heterocycles. The molecule has 0 amide bonds. The van der Waals surface area contributed by atoms with Crippen LogP contribution in [-0.2, 0) is 14.6 Å². The molecular weight excluding hydrogens is 419 g/mol. The van der Waals surface area contributed by atoms with Gasteiger partial charge in [-0.2, -0.15) is 0 Å². The Labute approximate surface area is 181 Å². The minimum absolute atomic E-state index is 0.0152. The zero-order valence-electron chi connectivity index (χ0n) is 17.3. The Hall–Kier alpha value is -2.64. The van der Waals surface area contributed by atoms with Crippen LogP contribution >= 0.6 is 0 Å². The van der Waals surface area contributed by atoms with Crippen molar-refractivity contribution in [3.05, 3.63) is 76.6 Å². The van der Waals surface area contributed by atoms with Gasteiger partial charge in [-0.05, 0) is 60.7 Å². The second kappa shape index (κ2) is 8.85. The monoisotopic (exact) mass is 444 g/mol. The van der Waals surface area contributed by atoms with Crippen molar-refractivity contribution < 1.29 is 27.4 Å². The third kappa shape index (κ3) is 4.83. The lowest BCUT2D eigenvalue weighted by Crippen LogP contribution is -2.19. The minimum atomic E-state index is -3.27. The van der Waals surface area contributed by atoms with Crippen LogP contribution in [0.3, 0.4) is 0 Å². The molecule has 1 N–H and O–H groups in total. The highest BCUT2D eigenvalue weighted by Gasteiger charge is 2.46. The Morgan fingerprint density at radius 2 is 2.03 bits per heavy atom. The minimum Gasteiger partial charge on any atom is -0.505 e. The average Bonchev–Trinajstić information content (AvgIpc) is 3.28. The molecule has 1 saturated heterocycles. The van der Waals surface area contributed by atoms with Crippen LogP contribution in [0.2, 0.25) is 0 Å². The second-order valence-electron chi connectivity index (χ2n) is 8.02. The fourth-order valence-electron chi connectivity index (χ4n) is 4.15. The molecule has 2 aromatic carbocycles. The molecule has 31 heavy (non-hydrogen) atoms. The Bertz CT molecular complexity index is 1120. The maximum Gasteiger partial charge on any atom is 0.165 e. The van der Waals surface area contributed by atoms with Gasteiger partial charge in [0.15, 0.2) is 21.4 Å². The number of fused-ring (bicyclic) bond motifs is 1. The van der Waals surface area contributed by atoms with Crippen molar-refractivity contribution in [1.29, 1.82) is 0 Å². The molecule has 2 aliphatic rings. The number of benzene rings is 2. The number of hydrogen-bond donors (Lipinski definition) is 1. The summed E-state index contributed by atoms with van der Waals surface area (Å²) < 4.78 is 50.4. The van der Waals surface area contributed by atoms with E-state index in [0.29, 0.717) is 24.2 Å². The van der Waals surface area contributed by atoms with Gasteiger partial charge in [0.25, 0.3) is 0 Å². The molecule has 0 bridgehead atoms. The number of ether oxygens (including phenoxy) is 2. The van der Waals surface area contributed by atoms with Gasteiger partial charge in [0.05, 0.1) is 18.5 Å². The first-order valence-corrected chi connectivity index (χ1v) is 11.9. The lowest BCUT2D eigenvalue weighted by molar-refractivity contribution is 0.117. The molecule has 164 valence electrons. The summed E-state index contributed by atoms with van der Waals surface area (Å²) in [5.74, 6) is -0.319. The van der Waals surface area contributed by atoms with Gasteiger partial charge in [-0.3, -0.25) is 0 Å². The number of hydrogen-bond acceptors (Lipinski definition) is 5. The van der Waals surface area contributed by atoms with E-state index in [0.717, 1.165) is 16.7 Å². The van der Waals surface area contributed by atoms with Crippen LogP contribution in [0.5, 0.6) is 11.5 Å². The molecule has 0 unspecified atom stereocenters. The quantitative estimate of drug-likeness (QED) is 0.645. The fraction of sp³-hybridized carbons (Fsp3) is 0.333. The third-order valence-corrected chi connectivity index (χ3v) is 7.71. The van der Waals surface area contributed by atoms with Crippen molar-refractivity contribution in [3.8, 4) is 11.5 Å². The van der Waals surface area contributed by atoms with E-state index in [1.807, 2.05) is 43.3 Å². The van der Waals surface area contributed by atoms with Crippen molar-refractivity contribution in [1.82, 2.24) is 0 Å². The Morgan fingerprint density at radius 1 is 1.26 bits per heavy atom. The van der Waals surface area contributed by atoms with E-state index in [9.17, 15) is 17.9 Å². The molecule has 2 aliphatic heterocycles. The molecule has 2 atom stereocenters. The van der Waals surface area contributed by atoms with Gasteiger partial charge in [0, 0.05) is 0 Å². The predicted octanol–water partition coefficient (Wildman–Crippen LogP) is 4.29. The predicted molar refractivity (Wildman–Crippen MR) is 117 cm³/mol. The van der Waals surface area contributed by atoms with Crippen molar-refractivity contribution >= 4 is 15.9 Å². The van der Waals surface area contributed by atoms with Gasteiger partial charge < -0.3 is 14.6 Å². The van der Waals surface area contributed by atoms with Crippen LogP contribution < -0.4 is 4.74 Å². The van der Waals surface area contributed by atoms with Crippen molar-refractivity contribution in [3.63, 3.8) is 0 Å². The van der Waals surface area contributed by atoms with Crippen LogP contribution in [0, 0.1) is 5.82 Å². The van der Waals surface area contributed by atoms with Gasteiger partial charge in [0.1, 0.15) is 17.6 Å². The molecule has 0 saturated carbocycles. The van der Waals surface area contributed by atoms with Crippen molar-refractivity contribution in [2.24, 2.45) is 0 Å². The molecule has 0 aliphatic carbocycles. The highest BCUT2D eigenvalue weighted by Crippen LogP contribution is 2.38. The number of allylic oxidation sites excluding steroid dienone is 1. The van der Waals surface area contributed by atoms with Crippen LogP contribution in [0.1, 0.15) is 25.3 Å². The zero-order valence-corrected chi connectivity index (χ0v) is 18.1. The van der Waals surface area contributed by atoms with Gasteiger partial charge in [-0.1, -0.05) is 35.9 Å². The molecule has 4 rings (SSSR count).